The Morgan fingerprint density at radius 1 is 1.22 bits per heavy atom. The first-order chi connectivity index (χ1) is 13.0. The molecule has 0 fully saturated rings. The van der Waals surface area contributed by atoms with Gasteiger partial charge >= 0.3 is 5.97 Å². The zero-order valence-electron chi connectivity index (χ0n) is 15.3. The topological polar surface area (TPSA) is 79.2 Å². The van der Waals surface area contributed by atoms with E-state index in [1.165, 1.54) is 21.8 Å². The van der Waals surface area contributed by atoms with Crippen LogP contribution in [0.1, 0.15) is 44.1 Å². The number of thiocyanates is 1. The van der Waals surface area contributed by atoms with Crippen LogP contribution in [0.25, 0.3) is 0 Å². The van der Waals surface area contributed by atoms with E-state index in [4.69, 9.17) is 10.00 Å². The first-order valence-corrected chi connectivity index (χ1v) is 10.4. The molecule has 0 aliphatic heterocycles. The minimum Gasteiger partial charge on any atom is -0.451 e. The molecule has 0 unspecified atom stereocenters. The van der Waals surface area contributed by atoms with Gasteiger partial charge in [0.05, 0.1) is 0 Å². The molecule has 1 aromatic carbocycles. The highest BCUT2D eigenvalue weighted by Gasteiger charge is 2.19. The molecular formula is C20H20N2O3S2. The minimum atomic E-state index is -0.446. The van der Waals surface area contributed by atoms with Gasteiger partial charge in [0.1, 0.15) is 10.3 Å². The van der Waals surface area contributed by atoms with Crippen LogP contribution in [0.3, 0.4) is 0 Å². The van der Waals surface area contributed by atoms with Gasteiger partial charge in [-0.2, -0.15) is 5.26 Å². The predicted octanol–water partition coefficient (Wildman–Crippen LogP) is 4.61. The highest BCUT2D eigenvalue weighted by atomic mass is 32.2. The number of fused-ring (bicyclic) bond motifs is 1. The van der Waals surface area contributed by atoms with Crippen LogP contribution < -0.4 is 5.32 Å². The van der Waals surface area contributed by atoms with E-state index in [0.717, 1.165) is 53.5 Å². The Morgan fingerprint density at radius 2 is 1.93 bits per heavy atom. The number of amides is 1. The lowest BCUT2D eigenvalue weighted by Gasteiger charge is -2.13. The molecule has 1 N–H and O–H groups in total. The normalized spacial score (nSPS) is 12.8. The number of hydrogen-bond donors (Lipinski definition) is 1. The number of carbonyl (C=O) groups excluding carboxylic acids is 2. The smallest absolute Gasteiger partial charge is 0.348 e. The molecule has 0 atom stereocenters. The van der Waals surface area contributed by atoms with Gasteiger partial charge in [0.25, 0.3) is 5.91 Å². The number of esters is 1. The van der Waals surface area contributed by atoms with E-state index in [1.54, 1.807) is 0 Å². The lowest BCUT2D eigenvalue weighted by Crippen LogP contribution is -2.21. The Balaban J connectivity index is 1.59. The van der Waals surface area contributed by atoms with Crippen LogP contribution in [-0.2, 0) is 22.4 Å². The minimum absolute atomic E-state index is 0.324. The molecule has 0 saturated carbocycles. The predicted molar refractivity (Wildman–Crippen MR) is 107 cm³/mol. The maximum absolute atomic E-state index is 12.2. The lowest BCUT2D eigenvalue weighted by atomic mass is 9.99. The molecule has 1 amide bonds. The summed E-state index contributed by atoms with van der Waals surface area (Å²) < 4.78 is 5.19. The largest absolute Gasteiger partial charge is 0.451 e. The zero-order chi connectivity index (χ0) is 19.4. The summed E-state index contributed by atoms with van der Waals surface area (Å²) in [6.07, 6.45) is 4.35. The van der Waals surface area contributed by atoms with Crippen LogP contribution >= 0.6 is 23.1 Å². The number of anilines is 1. The summed E-state index contributed by atoms with van der Waals surface area (Å²) in [5, 5.41) is 13.6. The van der Waals surface area contributed by atoms with Gasteiger partial charge in [0.15, 0.2) is 6.61 Å². The number of aryl methyl sites for hydroxylation is 4. The average Bonchev–Trinajstić information content (AvgIpc) is 3.07. The van der Waals surface area contributed by atoms with E-state index in [-0.39, 0.29) is 12.5 Å². The molecule has 0 spiro atoms. The van der Waals surface area contributed by atoms with Gasteiger partial charge in [-0.25, -0.2) is 4.79 Å². The van der Waals surface area contributed by atoms with Crippen LogP contribution in [0.15, 0.2) is 23.1 Å². The fraction of sp³-hybridized carbons (Fsp3) is 0.350. The second kappa shape index (κ2) is 8.59. The van der Waals surface area contributed by atoms with Crippen molar-refractivity contribution in [1.29, 1.82) is 5.26 Å². The Bertz CT molecular complexity index is 881. The van der Waals surface area contributed by atoms with E-state index >= 15 is 0 Å². The van der Waals surface area contributed by atoms with Crippen molar-refractivity contribution in [3.05, 3.63) is 44.6 Å². The van der Waals surface area contributed by atoms with Crippen molar-refractivity contribution in [3.8, 4) is 5.40 Å². The SMILES string of the molecule is Cc1cc(SC#N)cc(C)c1NC(=O)COC(=O)c1cc2c(s1)CCCC2. The molecule has 1 aliphatic rings. The van der Waals surface area contributed by atoms with Crippen molar-refractivity contribution < 1.29 is 14.3 Å². The quantitative estimate of drug-likeness (QED) is 0.450. The number of benzene rings is 1. The second-order valence-corrected chi connectivity index (χ2v) is 8.51. The highest BCUT2D eigenvalue weighted by molar-refractivity contribution is 8.03. The Morgan fingerprint density at radius 3 is 2.59 bits per heavy atom. The molecule has 140 valence electrons. The number of nitriles is 1. The van der Waals surface area contributed by atoms with E-state index in [1.807, 2.05) is 37.4 Å². The monoisotopic (exact) mass is 400 g/mol. The summed E-state index contributed by atoms with van der Waals surface area (Å²) in [4.78, 5) is 27.1. The fourth-order valence-corrected chi connectivity index (χ4v) is 4.93. The molecule has 7 heteroatoms. The summed E-state index contributed by atoms with van der Waals surface area (Å²) in [6, 6.07) is 5.59. The van der Waals surface area contributed by atoms with E-state index in [2.05, 4.69) is 5.32 Å². The summed E-state index contributed by atoms with van der Waals surface area (Å²) in [7, 11) is 0. The third kappa shape index (κ3) is 4.71. The maximum Gasteiger partial charge on any atom is 0.348 e. The molecule has 0 radical (unpaired) electrons. The van der Waals surface area contributed by atoms with Crippen molar-refractivity contribution in [2.45, 2.75) is 44.4 Å². The van der Waals surface area contributed by atoms with E-state index in [0.29, 0.717) is 10.6 Å². The maximum atomic E-state index is 12.2. The van der Waals surface area contributed by atoms with Gasteiger partial charge in [-0.05, 0) is 86.2 Å². The third-order valence-corrected chi connectivity index (χ3v) is 6.25. The van der Waals surface area contributed by atoms with Gasteiger partial charge in [-0.1, -0.05) is 0 Å². The Labute approximate surface area is 166 Å². The van der Waals surface area contributed by atoms with Gasteiger partial charge in [0.2, 0.25) is 0 Å². The van der Waals surface area contributed by atoms with Gasteiger partial charge in [-0.3, -0.25) is 4.79 Å². The van der Waals surface area contributed by atoms with Crippen molar-refractivity contribution in [2.24, 2.45) is 0 Å². The van der Waals surface area contributed by atoms with Crippen molar-refractivity contribution in [3.63, 3.8) is 0 Å². The van der Waals surface area contributed by atoms with E-state index in [9.17, 15) is 9.59 Å². The molecule has 3 rings (SSSR count). The summed E-state index contributed by atoms with van der Waals surface area (Å²) in [5.41, 5.74) is 3.64. The van der Waals surface area contributed by atoms with Crippen LogP contribution in [-0.4, -0.2) is 18.5 Å². The van der Waals surface area contributed by atoms with Crippen molar-refractivity contribution in [2.75, 3.05) is 11.9 Å². The average molecular weight is 401 g/mol. The van der Waals surface area contributed by atoms with Crippen molar-refractivity contribution in [1.82, 2.24) is 0 Å². The van der Waals surface area contributed by atoms with Gasteiger partial charge in [0, 0.05) is 15.5 Å². The number of nitrogens with zero attached hydrogens (tertiary/aromatic N) is 1. The van der Waals surface area contributed by atoms with Crippen molar-refractivity contribution >= 4 is 40.7 Å². The second-order valence-electron chi connectivity index (χ2n) is 6.52. The number of ether oxygens (including phenoxy) is 1. The molecule has 2 aromatic rings. The highest BCUT2D eigenvalue weighted by Crippen LogP contribution is 2.30. The summed E-state index contributed by atoms with van der Waals surface area (Å²) in [5.74, 6) is -0.824. The van der Waals surface area contributed by atoms with Crippen LogP contribution in [0.4, 0.5) is 5.69 Å². The van der Waals surface area contributed by atoms with Crippen LogP contribution in [0.5, 0.6) is 0 Å². The number of nitrogens with one attached hydrogen (secondary N) is 1. The summed E-state index contributed by atoms with van der Waals surface area (Å²) in [6.45, 7) is 3.41. The van der Waals surface area contributed by atoms with E-state index < -0.39 is 5.97 Å². The molecule has 1 heterocycles. The third-order valence-electron chi connectivity index (χ3n) is 4.47. The zero-order valence-corrected chi connectivity index (χ0v) is 16.9. The number of thioether (sulfide) groups is 1. The molecule has 1 aromatic heterocycles. The molecule has 1 aliphatic carbocycles. The molecule has 27 heavy (non-hydrogen) atoms. The molecule has 5 nitrogen and oxygen atoms in total. The first-order valence-electron chi connectivity index (χ1n) is 8.73. The Kier molecular flexibility index (Phi) is 6.19. The number of thiophene rings is 1. The molecular weight excluding hydrogens is 380 g/mol. The molecule has 0 bridgehead atoms. The Hall–Kier alpha value is -2.30. The fourth-order valence-electron chi connectivity index (χ4n) is 3.20. The standard InChI is InChI=1S/C20H20N2O3S2/c1-12-7-15(26-11-21)8-13(2)19(12)22-18(23)10-25-20(24)17-9-14-5-3-4-6-16(14)27-17/h7-9H,3-6,10H2,1-2H3,(H,22,23). The molecule has 0 saturated heterocycles. The number of rotatable bonds is 5. The van der Waals surface area contributed by atoms with Crippen LogP contribution in [0, 0.1) is 24.5 Å². The first kappa shape index (κ1) is 19.5. The van der Waals surface area contributed by atoms with Gasteiger partial charge in [-0.15, -0.1) is 11.3 Å². The van der Waals surface area contributed by atoms with Crippen LogP contribution in [0.2, 0.25) is 0 Å². The number of carbonyl (C=O) groups is 2. The van der Waals surface area contributed by atoms with Gasteiger partial charge < -0.3 is 10.1 Å². The number of hydrogen-bond acceptors (Lipinski definition) is 6. The lowest BCUT2D eigenvalue weighted by molar-refractivity contribution is -0.119. The summed E-state index contributed by atoms with van der Waals surface area (Å²) >= 11 is 2.55.